The molecule has 88 valence electrons. The van der Waals surface area contributed by atoms with Gasteiger partial charge in [0.05, 0.1) is 6.54 Å². The Balaban J connectivity index is 2.58. The molecule has 1 aromatic rings. The third-order valence-corrected chi connectivity index (χ3v) is 2.33. The van der Waals surface area contributed by atoms with Gasteiger partial charge < -0.3 is 16.0 Å². The van der Waals surface area contributed by atoms with Crippen molar-refractivity contribution in [3.63, 3.8) is 0 Å². The van der Waals surface area contributed by atoms with E-state index < -0.39 is 0 Å². The molecule has 16 heavy (non-hydrogen) atoms. The van der Waals surface area contributed by atoms with Gasteiger partial charge in [-0.05, 0) is 13.0 Å². The van der Waals surface area contributed by atoms with Crippen LogP contribution in [-0.2, 0) is 4.79 Å². The summed E-state index contributed by atoms with van der Waals surface area (Å²) in [5, 5.41) is 3.18. The van der Waals surface area contributed by atoms with Crippen molar-refractivity contribution in [1.82, 2.24) is 9.88 Å². The molecular weight excluding hydrogens is 228 g/mol. The minimum Gasteiger partial charge on any atom is -0.399 e. The number of hydrogen-bond donors (Lipinski definition) is 2. The largest absolute Gasteiger partial charge is 0.399 e. The number of hydrogen-bond acceptors (Lipinski definition) is 4. The van der Waals surface area contributed by atoms with E-state index in [0.717, 1.165) is 0 Å². The molecule has 0 saturated heterocycles. The number of aromatic nitrogens is 1. The van der Waals surface area contributed by atoms with Crippen LogP contribution in [0.3, 0.4) is 0 Å². The molecule has 0 aliphatic carbocycles. The average Bonchev–Trinajstić information content (AvgIpc) is 2.23. The fourth-order valence-corrected chi connectivity index (χ4v) is 1.30. The van der Waals surface area contributed by atoms with E-state index in [0.29, 0.717) is 23.2 Å². The maximum absolute atomic E-state index is 11.5. The van der Waals surface area contributed by atoms with Crippen molar-refractivity contribution in [2.45, 2.75) is 6.92 Å². The highest BCUT2D eigenvalue weighted by Crippen LogP contribution is 2.15. The SMILES string of the molecule is CCN(C)C(=O)CNc1cc(N)cc(Cl)n1. The number of amides is 1. The average molecular weight is 243 g/mol. The molecule has 0 radical (unpaired) electrons. The van der Waals surface area contributed by atoms with Gasteiger partial charge in [0, 0.05) is 25.3 Å². The van der Waals surface area contributed by atoms with Gasteiger partial charge in [-0.15, -0.1) is 0 Å². The summed E-state index contributed by atoms with van der Waals surface area (Å²) in [4.78, 5) is 17.1. The number of likely N-dealkylation sites (N-methyl/N-ethyl adjacent to an activating group) is 1. The fraction of sp³-hybridized carbons (Fsp3) is 0.400. The van der Waals surface area contributed by atoms with Crippen molar-refractivity contribution in [1.29, 1.82) is 0 Å². The highest BCUT2D eigenvalue weighted by atomic mass is 35.5. The Kier molecular flexibility index (Phi) is 4.37. The number of carbonyl (C=O) groups is 1. The van der Waals surface area contributed by atoms with E-state index in [1.165, 1.54) is 0 Å². The molecule has 0 aliphatic rings. The summed E-state index contributed by atoms with van der Waals surface area (Å²) in [5.74, 6) is 0.491. The predicted molar refractivity (Wildman–Crippen MR) is 65.5 cm³/mol. The zero-order chi connectivity index (χ0) is 12.1. The molecule has 0 aliphatic heterocycles. The number of nitrogens with zero attached hydrogens (tertiary/aromatic N) is 2. The van der Waals surface area contributed by atoms with E-state index in [9.17, 15) is 4.79 Å². The molecule has 0 saturated carbocycles. The molecule has 0 aromatic carbocycles. The summed E-state index contributed by atoms with van der Waals surface area (Å²) in [6, 6.07) is 3.18. The molecule has 1 aromatic heterocycles. The maximum atomic E-state index is 11.5. The number of halogens is 1. The highest BCUT2D eigenvalue weighted by molar-refractivity contribution is 6.29. The zero-order valence-electron chi connectivity index (χ0n) is 9.33. The molecule has 0 unspecified atom stereocenters. The Labute approximate surface area is 99.6 Å². The quantitative estimate of drug-likeness (QED) is 0.779. The standard InChI is InChI=1S/C10H15ClN4O/c1-3-15(2)10(16)6-13-9-5-7(12)4-8(11)14-9/h4-5H,3,6H2,1-2H3,(H3,12,13,14). The van der Waals surface area contributed by atoms with Crippen LogP contribution in [0.1, 0.15) is 6.92 Å². The number of nitrogens with two attached hydrogens (primary N) is 1. The maximum Gasteiger partial charge on any atom is 0.241 e. The normalized spacial score (nSPS) is 9.94. The molecule has 0 fully saturated rings. The number of nitrogens with one attached hydrogen (secondary N) is 1. The molecular formula is C10H15ClN4O. The molecule has 0 atom stereocenters. The lowest BCUT2D eigenvalue weighted by Gasteiger charge is -2.15. The number of nitrogen functional groups attached to an aromatic ring is 1. The smallest absolute Gasteiger partial charge is 0.241 e. The molecule has 1 amide bonds. The minimum absolute atomic E-state index is 0.0113. The lowest BCUT2D eigenvalue weighted by atomic mass is 10.4. The van der Waals surface area contributed by atoms with Crippen LogP contribution in [0.15, 0.2) is 12.1 Å². The van der Waals surface area contributed by atoms with Crippen LogP contribution in [0.25, 0.3) is 0 Å². The molecule has 1 heterocycles. The summed E-state index contributed by atoms with van der Waals surface area (Å²) < 4.78 is 0. The number of anilines is 2. The lowest BCUT2D eigenvalue weighted by molar-refractivity contribution is -0.127. The third-order valence-electron chi connectivity index (χ3n) is 2.14. The van der Waals surface area contributed by atoms with E-state index >= 15 is 0 Å². The van der Waals surface area contributed by atoms with E-state index in [1.807, 2.05) is 6.92 Å². The van der Waals surface area contributed by atoms with E-state index in [1.54, 1.807) is 24.1 Å². The molecule has 3 N–H and O–H groups in total. The first kappa shape index (κ1) is 12.6. The van der Waals surface area contributed by atoms with Crippen molar-refractivity contribution in [2.24, 2.45) is 0 Å². The van der Waals surface area contributed by atoms with Crippen molar-refractivity contribution in [3.05, 3.63) is 17.3 Å². The van der Waals surface area contributed by atoms with Crippen LogP contribution in [-0.4, -0.2) is 35.9 Å². The number of rotatable bonds is 4. The summed E-state index contributed by atoms with van der Waals surface area (Å²) >= 11 is 5.73. The van der Waals surface area contributed by atoms with Crippen LogP contribution in [0.4, 0.5) is 11.5 Å². The Bertz CT molecular complexity index is 363. The lowest BCUT2D eigenvalue weighted by Crippen LogP contribution is -2.32. The van der Waals surface area contributed by atoms with Crippen LogP contribution >= 0.6 is 11.6 Å². The van der Waals surface area contributed by atoms with E-state index in [4.69, 9.17) is 17.3 Å². The van der Waals surface area contributed by atoms with Crippen molar-refractivity contribution >= 4 is 29.0 Å². The van der Waals surface area contributed by atoms with Crippen LogP contribution in [0.5, 0.6) is 0 Å². The van der Waals surface area contributed by atoms with Crippen LogP contribution in [0, 0.1) is 0 Å². The van der Waals surface area contributed by atoms with Crippen molar-refractivity contribution in [3.8, 4) is 0 Å². The van der Waals surface area contributed by atoms with Crippen molar-refractivity contribution < 1.29 is 4.79 Å². The van der Waals surface area contributed by atoms with Gasteiger partial charge in [-0.3, -0.25) is 4.79 Å². The van der Waals surface area contributed by atoms with E-state index in [2.05, 4.69) is 10.3 Å². The second kappa shape index (κ2) is 5.55. The van der Waals surface area contributed by atoms with Gasteiger partial charge in [-0.1, -0.05) is 11.6 Å². The molecule has 0 bridgehead atoms. The minimum atomic E-state index is -0.0113. The monoisotopic (exact) mass is 242 g/mol. The molecule has 0 spiro atoms. The van der Waals surface area contributed by atoms with Crippen LogP contribution in [0.2, 0.25) is 5.15 Å². The summed E-state index contributed by atoms with van der Waals surface area (Å²) in [7, 11) is 1.74. The first-order valence-corrected chi connectivity index (χ1v) is 5.31. The van der Waals surface area contributed by atoms with Gasteiger partial charge in [0.15, 0.2) is 0 Å². The number of pyridine rings is 1. The van der Waals surface area contributed by atoms with Gasteiger partial charge >= 0.3 is 0 Å². The first-order chi connectivity index (χ1) is 7.52. The van der Waals surface area contributed by atoms with Gasteiger partial charge in [0.1, 0.15) is 11.0 Å². The molecule has 1 rings (SSSR count). The first-order valence-electron chi connectivity index (χ1n) is 4.93. The number of carbonyl (C=O) groups excluding carboxylic acids is 1. The predicted octanol–water partition coefficient (Wildman–Crippen LogP) is 1.21. The second-order valence-corrected chi connectivity index (χ2v) is 3.76. The van der Waals surface area contributed by atoms with Gasteiger partial charge in [-0.2, -0.15) is 0 Å². The van der Waals surface area contributed by atoms with Gasteiger partial charge in [-0.25, -0.2) is 4.98 Å². The summed E-state index contributed by atoms with van der Waals surface area (Å²) in [5.41, 5.74) is 6.10. The zero-order valence-corrected chi connectivity index (χ0v) is 10.1. The summed E-state index contributed by atoms with van der Waals surface area (Å²) in [6.07, 6.45) is 0. The second-order valence-electron chi connectivity index (χ2n) is 3.37. The Morgan fingerprint density at radius 3 is 2.88 bits per heavy atom. The van der Waals surface area contributed by atoms with Crippen LogP contribution < -0.4 is 11.1 Å². The molecule has 5 nitrogen and oxygen atoms in total. The fourth-order valence-electron chi connectivity index (χ4n) is 1.08. The van der Waals surface area contributed by atoms with Gasteiger partial charge in [0.2, 0.25) is 5.91 Å². The topological polar surface area (TPSA) is 71.2 Å². The highest BCUT2D eigenvalue weighted by Gasteiger charge is 2.06. The summed E-state index contributed by atoms with van der Waals surface area (Å²) in [6.45, 7) is 2.76. The van der Waals surface area contributed by atoms with E-state index in [-0.39, 0.29) is 12.5 Å². The van der Waals surface area contributed by atoms with Gasteiger partial charge in [0.25, 0.3) is 0 Å². The molecule has 6 heteroatoms. The Hall–Kier alpha value is -1.49. The Morgan fingerprint density at radius 1 is 1.62 bits per heavy atom. The third kappa shape index (κ3) is 3.58. The Morgan fingerprint density at radius 2 is 2.31 bits per heavy atom. The van der Waals surface area contributed by atoms with Crippen molar-refractivity contribution in [2.75, 3.05) is 31.2 Å².